The van der Waals surface area contributed by atoms with Crippen molar-refractivity contribution >= 4 is 35.5 Å². The number of rotatable bonds is 10. The van der Waals surface area contributed by atoms with Crippen LogP contribution in [0.1, 0.15) is 86.0 Å². The van der Waals surface area contributed by atoms with Crippen LogP contribution >= 0.6 is 0 Å². The predicted octanol–water partition coefficient (Wildman–Crippen LogP) is 1.31. The molecule has 41 heavy (non-hydrogen) atoms. The highest BCUT2D eigenvalue weighted by Crippen LogP contribution is 2.65. The Morgan fingerprint density at radius 1 is 1.00 bits per heavy atom. The topological polar surface area (TPSA) is 188 Å². The van der Waals surface area contributed by atoms with E-state index in [1.807, 2.05) is 13.8 Å². The van der Waals surface area contributed by atoms with E-state index in [0.29, 0.717) is 38.6 Å². The van der Waals surface area contributed by atoms with Gasteiger partial charge in [0.2, 0.25) is 17.6 Å². The third-order valence-corrected chi connectivity index (χ3v) is 9.76. The summed E-state index contributed by atoms with van der Waals surface area (Å²) in [6, 6.07) is -3.73. The zero-order valence-corrected chi connectivity index (χ0v) is 24.7. The number of likely N-dealkylation sites (tertiary alicyclic amines) is 1. The first kappa shape index (κ1) is 30.8. The summed E-state index contributed by atoms with van der Waals surface area (Å²) in [7, 11) is 0. The molecule has 3 saturated carbocycles. The molecule has 6 N–H and O–H groups in total. The maximum absolute atomic E-state index is 14.1. The average molecular weight is 576 g/mol. The van der Waals surface area contributed by atoms with E-state index < -0.39 is 64.6 Å². The van der Waals surface area contributed by atoms with Crippen molar-refractivity contribution in [3.8, 4) is 0 Å². The van der Waals surface area contributed by atoms with Crippen LogP contribution in [0.3, 0.4) is 0 Å². The fourth-order valence-corrected chi connectivity index (χ4v) is 6.91. The molecule has 1 heterocycles. The van der Waals surface area contributed by atoms with Gasteiger partial charge in [-0.05, 0) is 47.8 Å². The Hall–Kier alpha value is -3.18. The lowest BCUT2D eigenvalue weighted by Gasteiger charge is -2.39. The summed E-state index contributed by atoms with van der Waals surface area (Å²) >= 11 is 0. The minimum absolute atomic E-state index is 0.0582. The van der Waals surface area contributed by atoms with Gasteiger partial charge in [-0.1, -0.05) is 66.7 Å². The first-order valence-corrected chi connectivity index (χ1v) is 14.8. The van der Waals surface area contributed by atoms with Crippen LogP contribution in [0.4, 0.5) is 4.79 Å². The Morgan fingerprint density at radius 3 is 2.12 bits per heavy atom. The molecular formula is C29H45N5O7. The molecule has 0 aromatic carbocycles. The summed E-state index contributed by atoms with van der Waals surface area (Å²) < 4.78 is 0. The highest BCUT2D eigenvalue weighted by Gasteiger charge is 2.70. The molecule has 228 valence electrons. The van der Waals surface area contributed by atoms with Crippen molar-refractivity contribution in [2.45, 2.75) is 110 Å². The number of nitrogens with two attached hydrogens (primary N) is 1. The molecule has 5 atom stereocenters. The summed E-state index contributed by atoms with van der Waals surface area (Å²) in [5.74, 6) is -3.89. The van der Waals surface area contributed by atoms with Gasteiger partial charge in [0.25, 0.3) is 5.91 Å². The maximum Gasteiger partial charge on any atom is 0.329 e. The molecule has 1 aliphatic heterocycles. The second-order valence-electron chi connectivity index (χ2n) is 14.2. The largest absolute Gasteiger partial charge is 0.480 e. The minimum Gasteiger partial charge on any atom is -0.480 e. The van der Waals surface area contributed by atoms with Crippen molar-refractivity contribution in [2.75, 3.05) is 6.54 Å². The molecule has 5 amide bonds. The number of fused-ring (bicyclic) bond motifs is 1. The monoisotopic (exact) mass is 575 g/mol. The Balaban J connectivity index is 1.53. The van der Waals surface area contributed by atoms with Gasteiger partial charge in [0.1, 0.15) is 17.6 Å². The van der Waals surface area contributed by atoms with Crippen LogP contribution in [0.25, 0.3) is 0 Å². The van der Waals surface area contributed by atoms with Crippen molar-refractivity contribution in [3.05, 3.63) is 0 Å². The zero-order chi connectivity index (χ0) is 30.5. The highest BCUT2D eigenvalue weighted by atomic mass is 16.4. The van der Waals surface area contributed by atoms with Gasteiger partial charge in [-0.3, -0.25) is 19.2 Å². The molecule has 0 aromatic heterocycles. The quantitative estimate of drug-likeness (QED) is 0.243. The summed E-state index contributed by atoms with van der Waals surface area (Å²) in [4.78, 5) is 78.7. The summed E-state index contributed by atoms with van der Waals surface area (Å²) in [5.41, 5.74) is 2.90. The fraction of sp³-hybridized carbons (Fsp3) is 0.793. The van der Waals surface area contributed by atoms with Gasteiger partial charge >= 0.3 is 12.0 Å². The zero-order valence-electron chi connectivity index (χ0n) is 24.7. The lowest BCUT2D eigenvalue weighted by Crippen LogP contribution is -2.64. The van der Waals surface area contributed by atoms with Gasteiger partial charge in [0.15, 0.2) is 0 Å². The number of amides is 5. The van der Waals surface area contributed by atoms with Crippen molar-refractivity contribution < 1.29 is 33.9 Å². The van der Waals surface area contributed by atoms with E-state index >= 15 is 0 Å². The minimum atomic E-state index is -1.39. The first-order valence-electron chi connectivity index (χ1n) is 14.8. The molecule has 1 saturated heterocycles. The standard InChI is InChI=1S/C29H45N5O7/c1-27(2,3)21(32-26(41)33-29(25(39)40)11-7-6-8-12-29)24(38)34-14-16-18(28(16,4)5)19(34)23(37)31-17(13-15-9-10-15)20(35)22(30)36/h15-19,21H,6-14H2,1-5H3,(H2,30,36)(H,31,37)(H,39,40)(H2,32,33,41)/t16-,17?,18-,19-,21+/m0/s1. The Kier molecular flexibility index (Phi) is 8.18. The molecule has 0 bridgehead atoms. The number of carboxylic acid groups (broad SMARTS) is 1. The number of nitrogens with zero attached hydrogens (tertiary/aromatic N) is 1. The average Bonchev–Trinajstić information content (AvgIpc) is 3.73. The van der Waals surface area contributed by atoms with Gasteiger partial charge in [0, 0.05) is 6.54 Å². The van der Waals surface area contributed by atoms with E-state index in [1.54, 1.807) is 20.8 Å². The number of Topliss-reactive ketones (excluding diaryl/α,β-unsaturated/α-hetero) is 1. The third kappa shape index (κ3) is 6.21. The normalized spacial score (nSPS) is 27.5. The smallest absolute Gasteiger partial charge is 0.329 e. The second-order valence-corrected chi connectivity index (χ2v) is 14.2. The van der Waals surface area contributed by atoms with Crippen molar-refractivity contribution in [3.63, 3.8) is 0 Å². The maximum atomic E-state index is 14.1. The van der Waals surface area contributed by atoms with E-state index in [9.17, 15) is 33.9 Å². The molecule has 0 spiro atoms. The van der Waals surface area contributed by atoms with Gasteiger partial charge in [-0.15, -0.1) is 0 Å². The molecule has 0 aromatic rings. The Labute approximate surface area is 240 Å². The number of carbonyl (C=O) groups is 6. The molecule has 3 aliphatic carbocycles. The van der Waals surface area contributed by atoms with Crippen LogP contribution < -0.4 is 21.7 Å². The number of piperidine rings is 1. The number of hydrogen-bond acceptors (Lipinski definition) is 6. The number of hydrogen-bond donors (Lipinski definition) is 5. The number of urea groups is 1. The van der Waals surface area contributed by atoms with Crippen LogP contribution in [0.2, 0.25) is 0 Å². The first-order chi connectivity index (χ1) is 19.0. The molecular weight excluding hydrogens is 530 g/mol. The fourth-order valence-electron chi connectivity index (χ4n) is 6.91. The molecule has 4 rings (SSSR count). The lowest BCUT2D eigenvalue weighted by molar-refractivity contribution is -0.146. The SMILES string of the molecule is CC(C)(C)[C@H](NC(=O)NC1(C(=O)O)CCCCC1)C(=O)N1C[C@H]2[C@@H]([C@H]1C(=O)NC(CC1CC1)C(=O)C(N)=O)C2(C)C. The summed E-state index contributed by atoms with van der Waals surface area (Å²) in [6.07, 6.45) is 5.01. The van der Waals surface area contributed by atoms with E-state index in [4.69, 9.17) is 5.73 Å². The molecule has 12 nitrogen and oxygen atoms in total. The van der Waals surface area contributed by atoms with Crippen molar-refractivity contribution in [1.82, 2.24) is 20.9 Å². The number of ketones is 1. The number of carboxylic acids is 1. The summed E-state index contributed by atoms with van der Waals surface area (Å²) in [6.45, 7) is 9.73. The third-order valence-electron chi connectivity index (χ3n) is 9.76. The second kappa shape index (κ2) is 10.9. The number of primary amides is 1. The van der Waals surface area contributed by atoms with Gasteiger partial charge < -0.3 is 31.7 Å². The lowest BCUT2D eigenvalue weighted by atomic mass is 9.81. The molecule has 12 heteroatoms. The molecule has 4 fully saturated rings. The van der Waals surface area contributed by atoms with Gasteiger partial charge in [-0.2, -0.15) is 0 Å². The number of aliphatic carboxylic acids is 1. The molecule has 1 unspecified atom stereocenters. The molecule has 4 aliphatic rings. The highest BCUT2D eigenvalue weighted by molar-refractivity contribution is 6.37. The van der Waals surface area contributed by atoms with Crippen LogP contribution in [-0.2, 0) is 24.0 Å². The van der Waals surface area contributed by atoms with Crippen LogP contribution in [0.5, 0.6) is 0 Å². The van der Waals surface area contributed by atoms with Gasteiger partial charge in [-0.25, -0.2) is 9.59 Å². The Bertz CT molecular complexity index is 1120. The van der Waals surface area contributed by atoms with E-state index in [-0.39, 0.29) is 23.2 Å². The summed E-state index contributed by atoms with van der Waals surface area (Å²) in [5, 5.41) is 18.0. The Morgan fingerprint density at radius 2 is 1.61 bits per heavy atom. The van der Waals surface area contributed by atoms with Gasteiger partial charge in [0.05, 0.1) is 6.04 Å². The van der Waals surface area contributed by atoms with Crippen molar-refractivity contribution in [2.24, 2.45) is 34.3 Å². The van der Waals surface area contributed by atoms with Crippen molar-refractivity contribution in [1.29, 1.82) is 0 Å². The van der Waals surface area contributed by atoms with Crippen LogP contribution in [-0.4, -0.2) is 75.7 Å². The van der Waals surface area contributed by atoms with E-state index in [1.165, 1.54) is 4.90 Å². The van der Waals surface area contributed by atoms with E-state index in [2.05, 4.69) is 16.0 Å². The predicted molar refractivity (Wildman–Crippen MR) is 148 cm³/mol. The number of carbonyl (C=O) groups excluding carboxylic acids is 5. The van der Waals surface area contributed by atoms with Crippen LogP contribution in [0, 0.1) is 28.6 Å². The molecule has 0 radical (unpaired) electrons. The number of nitrogens with one attached hydrogen (secondary N) is 3. The van der Waals surface area contributed by atoms with E-state index in [0.717, 1.165) is 19.3 Å². The van der Waals surface area contributed by atoms with Crippen LogP contribution in [0.15, 0.2) is 0 Å².